The van der Waals surface area contributed by atoms with E-state index in [-0.39, 0.29) is 6.04 Å². The molecule has 0 aliphatic carbocycles. The van der Waals surface area contributed by atoms with Crippen LogP contribution in [0.2, 0.25) is 0 Å². The highest BCUT2D eigenvalue weighted by Gasteiger charge is 2.07. The van der Waals surface area contributed by atoms with Crippen molar-refractivity contribution in [1.82, 2.24) is 9.78 Å². The fourth-order valence-corrected chi connectivity index (χ4v) is 1.85. The van der Waals surface area contributed by atoms with E-state index >= 15 is 0 Å². The quantitative estimate of drug-likeness (QED) is 0.901. The number of ether oxygens (including phenoxy) is 1. The Morgan fingerprint density at radius 3 is 2.78 bits per heavy atom. The molecule has 4 heteroatoms. The van der Waals surface area contributed by atoms with Gasteiger partial charge in [-0.05, 0) is 31.0 Å². The number of benzene rings is 1. The third-order valence-electron chi connectivity index (χ3n) is 2.91. The van der Waals surface area contributed by atoms with E-state index in [0.29, 0.717) is 0 Å². The maximum atomic E-state index is 6.02. The molecule has 0 aliphatic rings. The monoisotopic (exact) mass is 245 g/mol. The van der Waals surface area contributed by atoms with Crippen LogP contribution in [0.3, 0.4) is 0 Å². The number of hydrogen-bond donors (Lipinski definition) is 1. The molecule has 2 N–H and O–H groups in total. The van der Waals surface area contributed by atoms with Crippen LogP contribution < -0.4 is 10.5 Å². The van der Waals surface area contributed by atoms with Crippen molar-refractivity contribution in [2.45, 2.75) is 26.3 Å². The first-order valence-electron chi connectivity index (χ1n) is 6.14. The molecule has 0 spiro atoms. The zero-order chi connectivity index (χ0) is 13.1. The Labute approximate surface area is 107 Å². The molecule has 2 aromatic rings. The van der Waals surface area contributed by atoms with E-state index in [1.165, 1.54) is 0 Å². The van der Waals surface area contributed by atoms with Crippen molar-refractivity contribution >= 4 is 0 Å². The van der Waals surface area contributed by atoms with E-state index in [0.717, 1.165) is 29.3 Å². The molecule has 96 valence electrons. The van der Waals surface area contributed by atoms with Crippen LogP contribution in [0.1, 0.15) is 30.6 Å². The average molecular weight is 245 g/mol. The lowest BCUT2D eigenvalue weighted by molar-refractivity contribution is 0.429. The van der Waals surface area contributed by atoms with Gasteiger partial charge in [-0.15, -0.1) is 0 Å². The summed E-state index contributed by atoms with van der Waals surface area (Å²) in [4.78, 5) is 0. The van der Waals surface area contributed by atoms with Crippen molar-refractivity contribution in [3.8, 4) is 11.6 Å². The molecule has 1 heterocycles. The maximum absolute atomic E-state index is 6.02. The predicted octanol–water partition coefficient (Wildman–Crippen LogP) is 2.93. The Morgan fingerprint density at radius 1 is 1.39 bits per heavy atom. The SMILES string of the molecule is CCC(N)c1cccc(Oc2cc(C)nn2C)c1. The molecule has 4 nitrogen and oxygen atoms in total. The largest absolute Gasteiger partial charge is 0.439 e. The molecule has 0 bridgehead atoms. The summed E-state index contributed by atoms with van der Waals surface area (Å²) in [6.45, 7) is 4.01. The molecule has 0 aliphatic heterocycles. The zero-order valence-electron chi connectivity index (χ0n) is 11.1. The molecule has 0 radical (unpaired) electrons. The van der Waals surface area contributed by atoms with Crippen LogP contribution in [0.15, 0.2) is 30.3 Å². The van der Waals surface area contributed by atoms with Crippen LogP contribution >= 0.6 is 0 Å². The molecule has 2 rings (SSSR count). The lowest BCUT2D eigenvalue weighted by Gasteiger charge is -2.11. The van der Waals surface area contributed by atoms with Crippen molar-refractivity contribution < 1.29 is 4.74 Å². The molecule has 1 unspecified atom stereocenters. The summed E-state index contributed by atoms with van der Waals surface area (Å²) in [5.41, 5.74) is 8.05. The Balaban J connectivity index is 2.21. The first-order valence-corrected chi connectivity index (χ1v) is 6.14. The van der Waals surface area contributed by atoms with Gasteiger partial charge in [-0.25, -0.2) is 4.68 Å². The van der Waals surface area contributed by atoms with Gasteiger partial charge in [0.1, 0.15) is 5.75 Å². The Bertz CT molecular complexity index is 534. The van der Waals surface area contributed by atoms with Crippen LogP contribution in [0, 0.1) is 6.92 Å². The summed E-state index contributed by atoms with van der Waals surface area (Å²) < 4.78 is 7.53. The average Bonchev–Trinajstić information content (AvgIpc) is 2.67. The Hall–Kier alpha value is -1.81. The van der Waals surface area contributed by atoms with Crippen LogP contribution in [-0.2, 0) is 7.05 Å². The summed E-state index contributed by atoms with van der Waals surface area (Å²) in [7, 11) is 1.87. The first kappa shape index (κ1) is 12.6. The fourth-order valence-electron chi connectivity index (χ4n) is 1.85. The standard InChI is InChI=1S/C14H19N3O/c1-4-13(15)11-6-5-7-12(9-11)18-14-8-10(2)16-17(14)3/h5-9,13H,4,15H2,1-3H3. The fraction of sp³-hybridized carbons (Fsp3) is 0.357. The number of aryl methyl sites for hydroxylation is 2. The minimum atomic E-state index is 0.0572. The van der Waals surface area contributed by atoms with Gasteiger partial charge in [0.25, 0.3) is 0 Å². The highest BCUT2D eigenvalue weighted by atomic mass is 16.5. The molecular weight excluding hydrogens is 226 g/mol. The van der Waals surface area contributed by atoms with E-state index in [9.17, 15) is 0 Å². The third-order valence-corrected chi connectivity index (χ3v) is 2.91. The molecule has 1 aromatic heterocycles. The smallest absolute Gasteiger partial charge is 0.217 e. The number of nitrogens with two attached hydrogens (primary N) is 1. The topological polar surface area (TPSA) is 53.1 Å². The molecule has 0 amide bonds. The minimum Gasteiger partial charge on any atom is -0.439 e. The van der Waals surface area contributed by atoms with Crippen LogP contribution in [0.5, 0.6) is 11.6 Å². The van der Waals surface area contributed by atoms with Gasteiger partial charge in [-0.2, -0.15) is 5.10 Å². The predicted molar refractivity (Wildman–Crippen MR) is 71.7 cm³/mol. The first-order chi connectivity index (χ1) is 8.60. The molecule has 18 heavy (non-hydrogen) atoms. The van der Waals surface area contributed by atoms with Gasteiger partial charge in [0.15, 0.2) is 0 Å². The normalized spacial score (nSPS) is 12.4. The van der Waals surface area contributed by atoms with Crippen LogP contribution in [0.25, 0.3) is 0 Å². The lowest BCUT2D eigenvalue weighted by Crippen LogP contribution is -2.08. The molecule has 0 saturated heterocycles. The van der Waals surface area contributed by atoms with Gasteiger partial charge in [-0.3, -0.25) is 0 Å². The van der Waals surface area contributed by atoms with Gasteiger partial charge in [0, 0.05) is 19.2 Å². The van der Waals surface area contributed by atoms with Crippen molar-refractivity contribution in [1.29, 1.82) is 0 Å². The van der Waals surface area contributed by atoms with E-state index in [1.807, 2.05) is 44.3 Å². The van der Waals surface area contributed by atoms with Gasteiger partial charge >= 0.3 is 0 Å². The van der Waals surface area contributed by atoms with Gasteiger partial charge in [0.2, 0.25) is 5.88 Å². The number of nitrogens with zero attached hydrogens (tertiary/aromatic N) is 2. The molecule has 1 aromatic carbocycles. The van der Waals surface area contributed by atoms with Gasteiger partial charge in [0.05, 0.1) is 5.69 Å². The summed E-state index contributed by atoms with van der Waals surface area (Å²) in [6, 6.07) is 9.86. The number of hydrogen-bond acceptors (Lipinski definition) is 3. The van der Waals surface area contributed by atoms with E-state index in [2.05, 4.69) is 12.0 Å². The molecule has 0 fully saturated rings. The zero-order valence-corrected chi connectivity index (χ0v) is 11.1. The van der Waals surface area contributed by atoms with Crippen LogP contribution in [-0.4, -0.2) is 9.78 Å². The Morgan fingerprint density at radius 2 is 2.17 bits per heavy atom. The molecular formula is C14H19N3O. The second-order valence-corrected chi connectivity index (χ2v) is 4.44. The van der Waals surface area contributed by atoms with Gasteiger partial charge in [-0.1, -0.05) is 19.1 Å². The maximum Gasteiger partial charge on any atom is 0.217 e. The van der Waals surface area contributed by atoms with Gasteiger partial charge < -0.3 is 10.5 Å². The lowest BCUT2D eigenvalue weighted by atomic mass is 10.1. The Kier molecular flexibility index (Phi) is 3.67. The summed E-state index contributed by atoms with van der Waals surface area (Å²) in [5, 5.41) is 4.25. The van der Waals surface area contributed by atoms with Crippen molar-refractivity contribution in [2.24, 2.45) is 12.8 Å². The summed E-state index contributed by atoms with van der Waals surface area (Å²) in [6.07, 6.45) is 0.911. The summed E-state index contributed by atoms with van der Waals surface area (Å²) in [5.74, 6) is 1.52. The third kappa shape index (κ3) is 2.71. The number of aromatic nitrogens is 2. The van der Waals surface area contributed by atoms with E-state index in [4.69, 9.17) is 10.5 Å². The van der Waals surface area contributed by atoms with E-state index < -0.39 is 0 Å². The second-order valence-electron chi connectivity index (χ2n) is 4.44. The van der Waals surface area contributed by atoms with Crippen molar-refractivity contribution in [3.63, 3.8) is 0 Å². The van der Waals surface area contributed by atoms with Crippen molar-refractivity contribution in [3.05, 3.63) is 41.6 Å². The number of rotatable bonds is 4. The second kappa shape index (κ2) is 5.23. The van der Waals surface area contributed by atoms with Crippen LogP contribution in [0.4, 0.5) is 0 Å². The van der Waals surface area contributed by atoms with Crippen molar-refractivity contribution in [2.75, 3.05) is 0 Å². The highest BCUT2D eigenvalue weighted by Crippen LogP contribution is 2.25. The molecule has 0 saturated carbocycles. The van der Waals surface area contributed by atoms with E-state index in [1.54, 1.807) is 4.68 Å². The minimum absolute atomic E-state index is 0.0572. The summed E-state index contributed by atoms with van der Waals surface area (Å²) >= 11 is 0. The highest BCUT2D eigenvalue weighted by molar-refractivity contribution is 5.33. The molecule has 1 atom stereocenters.